The van der Waals surface area contributed by atoms with Crippen LogP contribution in [-0.4, -0.2) is 12.8 Å². The lowest BCUT2D eigenvalue weighted by Crippen LogP contribution is -2.20. The lowest BCUT2D eigenvalue weighted by atomic mass is 9.96. The number of thioether (sulfide) groups is 1. The zero-order chi connectivity index (χ0) is 15.4. The number of benzene rings is 2. The normalized spacial score (nSPS) is 12.4. The van der Waals surface area contributed by atoms with Crippen molar-refractivity contribution in [3.63, 3.8) is 0 Å². The van der Waals surface area contributed by atoms with E-state index in [0.29, 0.717) is 6.04 Å². The summed E-state index contributed by atoms with van der Waals surface area (Å²) in [4.78, 5) is 1.34. The lowest BCUT2D eigenvalue weighted by molar-refractivity contribution is 0.657. The van der Waals surface area contributed by atoms with Gasteiger partial charge >= 0.3 is 0 Å². The van der Waals surface area contributed by atoms with Crippen LogP contribution in [0.2, 0.25) is 0 Å². The van der Waals surface area contributed by atoms with E-state index in [4.69, 9.17) is 0 Å². The molecule has 0 saturated carbocycles. The fraction of sp³-hybridized carbons (Fsp3) is 0.368. The second-order valence-electron chi connectivity index (χ2n) is 5.76. The van der Waals surface area contributed by atoms with Gasteiger partial charge in [-0.25, -0.2) is 0 Å². The topological polar surface area (TPSA) is 12.0 Å². The molecule has 2 rings (SSSR count). The zero-order valence-corrected chi connectivity index (χ0v) is 14.5. The first kappa shape index (κ1) is 16.1. The Bertz CT molecular complexity index is 619. The summed E-state index contributed by atoms with van der Waals surface area (Å²) < 4.78 is 0. The van der Waals surface area contributed by atoms with Crippen LogP contribution in [0.15, 0.2) is 41.3 Å². The molecule has 0 fully saturated rings. The monoisotopic (exact) mass is 299 g/mol. The molecule has 0 spiro atoms. The van der Waals surface area contributed by atoms with Gasteiger partial charge in [-0.15, -0.1) is 11.8 Å². The molecule has 0 heterocycles. The molecule has 0 saturated heterocycles. The molecule has 0 aliphatic rings. The number of nitrogens with one attached hydrogen (secondary N) is 1. The highest BCUT2D eigenvalue weighted by Gasteiger charge is 2.13. The average molecular weight is 299 g/mol. The van der Waals surface area contributed by atoms with E-state index in [9.17, 15) is 0 Å². The van der Waals surface area contributed by atoms with E-state index >= 15 is 0 Å². The molecule has 2 heteroatoms. The van der Waals surface area contributed by atoms with Crippen LogP contribution in [0.25, 0.3) is 0 Å². The molecule has 0 aliphatic carbocycles. The second-order valence-corrected chi connectivity index (χ2v) is 6.86. The van der Waals surface area contributed by atoms with Crippen LogP contribution in [0.3, 0.4) is 0 Å². The van der Waals surface area contributed by atoms with Gasteiger partial charge in [0.05, 0.1) is 0 Å². The van der Waals surface area contributed by atoms with Gasteiger partial charge in [0.15, 0.2) is 0 Å². The van der Waals surface area contributed by atoms with Crippen molar-refractivity contribution in [1.29, 1.82) is 0 Å². The van der Waals surface area contributed by atoms with Gasteiger partial charge in [0, 0.05) is 16.7 Å². The lowest BCUT2D eigenvalue weighted by Gasteiger charge is -2.20. The van der Waals surface area contributed by atoms with E-state index in [1.54, 1.807) is 0 Å². The number of rotatable bonds is 5. The van der Waals surface area contributed by atoms with Gasteiger partial charge < -0.3 is 5.32 Å². The number of hydrogen-bond donors (Lipinski definition) is 1. The van der Waals surface area contributed by atoms with E-state index in [0.717, 1.165) is 5.75 Å². The Labute approximate surface area is 133 Å². The zero-order valence-electron chi connectivity index (χ0n) is 13.7. The quantitative estimate of drug-likeness (QED) is 0.782. The van der Waals surface area contributed by atoms with Crippen molar-refractivity contribution in [2.24, 2.45) is 0 Å². The first-order valence-corrected chi connectivity index (χ1v) is 8.44. The molecule has 0 amide bonds. The molecular formula is C19H25NS. The minimum atomic E-state index is 0.384. The van der Waals surface area contributed by atoms with Gasteiger partial charge in [0.25, 0.3) is 0 Å². The molecule has 0 bridgehead atoms. The standard InChI is InChI=1S/C19H25NS/c1-13-7-6-8-17(9-13)21-12-19(20-5)18-11-15(3)14(2)10-16(18)4/h6-11,19-20H,12H2,1-5H3. The maximum absolute atomic E-state index is 3.47. The molecule has 1 atom stereocenters. The molecule has 0 radical (unpaired) electrons. The summed E-state index contributed by atoms with van der Waals surface area (Å²) in [7, 11) is 2.05. The number of aryl methyl sites for hydroxylation is 4. The van der Waals surface area contributed by atoms with Crippen LogP contribution in [0.1, 0.15) is 33.9 Å². The Morgan fingerprint density at radius 3 is 2.33 bits per heavy atom. The van der Waals surface area contributed by atoms with Crippen molar-refractivity contribution in [1.82, 2.24) is 5.32 Å². The highest BCUT2D eigenvalue weighted by atomic mass is 32.2. The van der Waals surface area contributed by atoms with Gasteiger partial charge in [-0.3, -0.25) is 0 Å². The van der Waals surface area contributed by atoms with Crippen molar-refractivity contribution in [2.75, 3.05) is 12.8 Å². The van der Waals surface area contributed by atoms with Gasteiger partial charge in [-0.1, -0.05) is 29.8 Å². The van der Waals surface area contributed by atoms with E-state index < -0.39 is 0 Å². The van der Waals surface area contributed by atoms with Crippen molar-refractivity contribution in [2.45, 2.75) is 38.6 Å². The maximum atomic E-state index is 3.47. The summed E-state index contributed by atoms with van der Waals surface area (Å²) in [5.41, 5.74) is 6.86. The van der Waals surface area contributed by atoms with Crippen molar-refractivity contribution in [3.05, 3.63) is 64.2 Å². The number of hydrogen-bond acceptors (Lipinski definition) is 2. The van der Waals surface area contributed by atoms with Gasteiger partial charge in [-0.2, -0.15) is 0 Å². The summed E-state index contributed by atoms with van der Waals surface area (Å²) in [6, 6.07) is 13.7. The first-order chi connectivity index (χ1) is 10.0. The fourth-order valence-corrected chi connectivity index (χ4v) is 3.72. The summed E-state index contributed by atoms with van der Waals surface area (Å²) in [5, 5.41) is 3.47. The molecular weight excluding hydrogens is 274 g/mol. The maximum Gasteiger partial charge on any atom is 0.0415 e. The third-order valence-corrected chi connectivity index (χ3v) is 5.10. The third-order valence-electron chi connectivity index (χ3n) is 4.01. The predicted octanol–water partition coefficient (Wildman–Crippen LogP) is 4.97. The Kier molecular flexibility index (Phi) is 5.49. The third kappa shape index (κ3) is 4.12. The Hall–Kier alpha value is -1.25. The summed E-state index contributed by atoms with van der Waals surface area (Å²) in [6.45, 7) is 8.73. The molecule has 1 unspecified atom stereocenters. The van der Waals surface area contributed by atoms with Crippen LogP contribution in [0.5, 0.6) is 0 Å². The Morgan fingerprint density at radius 1 is 0.952 bits per heavy atom. The van der Waals surface area contributed by atoms with Crippen LogP contribution >= 0.6 is 11.8 Å². The fourth-order valence-electron chi connectivity index (χ4n) is 2.57. The van der Waals surface area contributed by atoms with Crippen LogP contribution < -0.4 is 5.32 Å². The highest BCUT2D eigenvalue weighted by Crippen LogP contribution is 2.28. The molecule has 1 N–H and O–H groups in total. The predicted molar refractivity (Wildman–Crippen MR) is 94.4 cm³/mol. The molecule has 0 aliphatic heterocycles. The average Bonchev–Trinajstić information content (AvgIpc) is 2.45. The Morgan fingerprint density at radius 2 is 1.67 bits per heavy atom. The first-order valence-electron chi connectivity index (χ1n) is 7.45. The van der Waals surface area contributed by atoms with Crippen molar-refractivity contribution >= 4 is 11.8 Å². The molecule has 2 aromatic rings. The minimum absolute atomic E-state index is 0.384. The van der Waals surface area contributed by atoms with E-state index in [2.05, 4.69) is 76.5 Å². The van der Waals surface area contributed by atoms with Gasteiger partial charge in [0.1, 0.15) is 0 Å². The molecule has 1 nitrogen and oxygen atoms in total. The van der Waals surface area contributed by atoms with Gasteiger partial charge in [0.2, 0.25) is 0 Å². The van der Waals surface area contributed by atoms with Crippen LogP contribution in [0.4, 0.5) is 0 Å². The van der Waals surface area contributed by atoms with Crippen molar-refractivity contribution < 1.29 is 0 Å². The molecule has 2 aromatic carbocycles. The summed E-state index contributed by atoms with van der Waals surface area (Å²) >= 11 is 1.92. The summed E-state index contributed by atoms with van der Waals surface area (Å²) in [5.74, 6) is 1.04. The van der Waals surface area contributed by atoms with Gasteiger partial charge in [-0.05, 0) is 69.1 Å². The minimum Gasteiger partial charge on any atom is -0.312 e. The smallest absolute Gasteiger partial charge is 0.0415 e. The molecule has 0 aromatic heterocycles. The van der Waals surface area contributed by atoms with E-state index in [1.807, 2.05) is 11.8 Å². The molecule has 21 heavy (non-hydrogen) atoms. The van der Waals surface area contributed by atoms with E-state index in [-0.39, 0.29) is 0 Å². The largest absolute Gasteiger partial charge is 0.312 e. The van der Waals surface area contributed by atoms with E-state index in [1.165, 1.54) is 32.7 Å². The van der Waals surface area contributed by atoms with Crippen LogP contribution in [-0.2, 0) is 0 Å². The summed E-state index contributed by atoms with van der Waals surface area (Å²) in [6.07, 6.45) is 0. The SMILES string of the molecule is CNC(CSc1cccc(C)c1)c1cc(C)c(C)cc1C. The van der Waals surface area contributed by atoms with Crippen LogP contribution in [0, 0.1) is 27.7 Å². The Balaban J connectivity index is 2.15. The highest BCUT2D eigenvalue weighted by molar-refractivity contribution is 7.99. The van der Waals surface area contributed by atoms with Crippen molar-refractivity contribution in [3.8, 4) is 0 Å². The molecule has 112 valence electrons. The second kappa shape index (κ2) is 7.15.